The van der Waals surface area contributed by atoms with Crippen LogP contribution in [0.15, 0.2) is 35.2 Å². The summed E-state index contributed by atoms with van der Waals surface area (Å²) < 4.78 is 2.63. The Morgan fingerprint density at radius 1 is 1.33 bits per heavy atom. The fourth-order valence-electron chi connectivity index (χ4n) is 2.10. The Labute approximate surface area is 113 Å². The molecule has 0 fully saturated rings. The molecule has 0 bridgehead atoms. The summed E-state index contributed by atoms with van der Waals surface area (Å²) in [7, 11) is 1.90. The molecule has 0 aromatic carbocycles. The van der Waals surface area contributed by atoms with Gasteiger partial charge in [0.05, 0.1) is 5.39 Å². The lowest BCUT2D eigenvalue weighted by Crippen LogP contribution is -1.92. The van der Waals surface area contributed by atoms with Crippen LogP contribution in [0.3, 0.4) is 0 Å². The average Bonchev–Trinajstić information content (AvgIpc) is 2.68. The lowest BCUT2D eigenvalue weighted by molar-refractivity contribution is 0.788. The molecule has 3 aromatic rings. The van der Waals surface area contributed by atoms with Crippen molar-refractivity contribution < 1.29 is 0 Å². The Balaban J connectivity index is 2.38. The van der Waals surface area contributed by atoms with Gasteiger partial charge in [-0.05, 0) is 46.6 Å². The van der Waals surface area contributed by atoms with E-state index >= 15 is 0 Å². The summed E-state index contributed by atoms with van der Waals surface area (Å²) in [6.45, 7) is 2.07. The van der Waals surface area contributed by atoms with Gasteiger partial charge >= 0.3 is 0 Å². The summed E-state index contributed by atoms with van der Waals surface area (Å²) in [5.74, 6) is 0. The summed E-state index contributed by atoms with van der Waals surface area (Å²) in [5, 5.41) is 5.63. The van der Waals surface area contributed by atoms with Crippen molar-refractivity contribution in [2.75, 3.05) is 0 Å². The summed E-state index contributed by atoms with van der Waals surface area (Å²) in [6.07, 6.45) is 3.58. The molecule has 0 saturated carbocycles. The van der Waals surface area contributed by atoms with Crippen LogP contribution in [0.2, 0.25) is 0 Å². The monoisotopic (exact) mass is 302 g/mol. The van der Waals surface area contributed by atoms with E-state index in [9.17, 15) is 0 Å². The lowest BCUT2D eigenvalue weighted by Gasteiger charge is -2.00. The molecule has 0 spiro atoms. The van der Waals surface area contributed by atoms with E-state index in [2.05, 4.69) is 37.9 Å². The highest BCUT2D eigenvalue weighted by atomic mass is 79.9. The van der Waals surface area contributed by atoms with Gasteiger partial charge in [0.15, 0.2) is 5.65 Å². The van der Waals surface area contributed by atoms with Crippen LogP contribution in [0, 0.1) is 6.92 Å². The first-order valence-electron chi connectivity index (χ1n) is 5.57. The quantitative estimate of drug-likeness (QED) is 0.649. The third kappa shape index (κ3) is 1.71. The molecule has 0 saturated heterocycles. The predicted octanol–water partition coefficient (Wildman–Crippen LogP) is 3.10. The molecule has 0 aliphatic rings. The summed E-state index contributed by atoms with van der Waals surface area (Å²) in [4.78, 5) is 8.62. The van der Waals surface area contributed by atoms with Gasteiger partial charge in [-0.25, -0.2) is 9.67 Å². The van der Waals surface area contributed by atoms with E-state index in [1.807, 2.05) is 31.4 Å². The smallest absolute Gasteiger partial charge is 0.159 e. The topological polar surface area (TPSA) is 43.6 Å². The van der Waals surface area contributed by atoms with Gasteiger partial charge in [0.2, 0.25) is 0 Å². The van der Waals surface area contributed by atoms with Crippen molar-refractivity contribution in [3.8, 4) is 11.3 Å². The summed E-state index contributed by atoms with van der Waals surface area (Å²) in [6, 6.07) is 5.93. The van der Waals surface area contributed by atoms with Crippen LogP contribution in [0.1, 0.15) is 5.56 Å². The minimum atomic E-state index is 0.827. The number of hydrogen-bond donors (Lipinski definition) is 0. The molecule has 0 aliphatic heterocycles. The molecule has 5 heteroatoms. The highest BCUT2D eigenvalue weighted by molar-refractivity contribution is 9.10. The molecule has 4 nitrogen and oxygen atoms in total. The highest BCUT2D eigenvalue weighted by Gasteiger charge is 2.14. The molecule has 0 N–H and O–H groups in total. The normalized spacial score (nSPS) is 11.1. The second-order valence-corrected chi connectivity index (χ2v) is 4.99. The molecular weight excluding hydrogens is 292 g/mol. The molecule has 0 unspecified atom stereocenters. The number of aromatic nitrogens is 4. The van der Waals surface area contributed by atoms with Crippen LogP contribution in [0.25, 0.3) is 22.3 Å². The van der Waals surface area contributed by atoms with Crippen molar-refractivity contribution in [3.05, 3.63) is 40.8 Å². The minimum Gasteiger partial charge on any atom is -0.264 e. The third-order valence-corrected chi connectivity index (χ3v) is 3.30. The van der Waals surface area contributed by atoms with E-state index in [1.54, 1.807) is 10.9 Å². The molecule has 0 radical (unpaired) electrons. The van der Waals surface area contributed by atoms with Crippen LogP contribution in [0.4, 0.5) is 0 Å². The lowest BCUT2D eigenvalue weighted by atomic mass is 10.1. The number of pyridine rings is 2. The molecule has 3 aromatic heterocycles. The summed E-state index contributed by atoms with van der Waals surface area (Å²) in [5.41, 5.74) is 3.97. The zero-order chi connectivity index (χ0) is 12.7. The Bertz CT molecular complexity index is 719. The fraction of sp³-hybridized carbons (Fsp3) is 0.154. The fourth-order valence-corrected chi connectivity index (χ4v) is 2.61. The second kappa shape index (κ2) is 4.17. The Morgan fingerprint density at radius 3 is 2.89 bits per heavy atom. The van der Waals surface area contributed by atoms with E-state index in [-0.39, 0.29) is 0 Å². The molecule has 0 atom stereocenters. The van der Waals surface area contributed by atoms with Crippen LogP contribution >= 0.6 is 15.9 Å². The van der Waals surface area contributed by atoms with Gasteiger partial charge in [-0.3, -0.25) is 4.98 Å². The van der Waals surface area contributed by atoms with Gasteiger partial charge in [-0.15, -0.1) is 0 Å². The highest BCUT2D eigenvalue weighted by Crippen LogP contribution is 2.29. The number of rotatable bonds is 1. The maximum Gasteiger partial charge on any atom is 0.159 e. The molecule has 90 valence electrons. The Kier molecular flexibility index (Phi) is 2.63. The average molecular weight is 303 g/mol. The van der Waals surface area contributed by atoms with Crippen molar-refractivity contribution in [1.29, 1.82) is 0 Å². The standard InChI is InChI=1S/C13H11BrN4/c1-8-6-10(14)16-13-11(8)12(17-18(13)2)9-4-3-5-15-7-9/h3-7H,1-2H3. The first kappa shape index (κ1) is 11.3. The molecule has 0 amide bonds. The number of halogens is 1. The molecule has 3 rings (SSSR count). The van der Waals surface area contributed by atoms with Gasteiger partial charge in [0.1, 0.15) is 10.3 Å². The van der Waals surface area contributed by atoms with Crippen molar-refractivity contribution in [1.82, 2.24) is 19.7 Å². The van der Waals surface area contributed by atoms with Crippen molar-refractivity contribution in [2.45, 2.75) is 6.92 Å². The van der Waals surface area contributed by atoms with Crippen LogP contribution < -0.4 is 0 Å². The molecule has 0 aliphatic carbocycles. The first-order valence-corrected chi connectivity index (χ1v) is 6.36. The third-order valence-electron chi connectivity index (χ3n) is 2.89. The summed E-state index contributed by atoms with van der Waals surface area (Å²) >= 11 is 3.42. The van der Waals surface area contributed by atoms with Gasteiger partial charge in [-0.2, -0.15) is 5.10 Å². The van der Waals surface area contributed by atoms with E-state index in [4.69, 9.17) is 0 Å². The maximum atomic E-state index is 4.56. The molecular formula is C13H11BrN4. The largest absolute Gasteiger partial charge is 0.264 e. The van der Waals surface area contributed by atoms with Crippen molar-refractivity contribution >= 4 is 27.0 Å². The van der Waals surface area contributed by atoms with Crippen LogP contribution in [-0.2, 0) is 7.05 Å². The van der Waals surface area contributed by atoms with Gasteiger partial charge in [0.25, 0.3) is 0 Å². The molecule has 18 heavy (non-hydrogen) atoms. The number of nitrogens with zero attached hydrogens (tertiary/aromatic N) is 4. The Morgan fingerprint density at radius 2 is 2.17 bits per heavy atom. The first-order chi connectivity index (χ1) is 8.66. The SMILES string of the molecule is Cc1cc(Br)nc2c1c(-c1cccnc1)nn2C. The van der Waals surface area contributed by atoms with E-state index < -0.39 is 0 Å². The zero-order valence-corrected chi connectivity index (χ0v) is 11.6. The van der Waals surface area contributed by atoms with Gasteiger partial charge in [0, 0.05) is 25.0 Å². The predicted molar refractivity (Wildman–Crippen MR) is 74.2 cm³/mol. The van der Waals surface area contributed by atoms with E-state index in [1.165, 1.54) is 0 Å². The minimum absolute atomic E-state index is 0.827. The van der Waals surface area contributed by atoms with Gasteiger partial charge < -0.3 is 0 Å². The van der Waals surface area contributed by atoms with Crippen molar-refractivity contribution in [2.24, 2.45) is 7.05 Å². The number of hydrogen-bond acceptors (Lipinski definition) is 3. The Hall–Kier alpha value is -1.75. The van der Waals surface area contributed by atoms with E-state index in [0.717, 1.165) is 32.5 Å². The van der Waals surface area contributed by atoms with Crippen LogP contribution in [-0.4, -0.2) is 19.7 Å². The second-order valence-electron chi connectivity index (χ2n) is 4.17. The zero-order valence-electron chi connectivity index (χ0n) is 10.1. The number of fused-ring (bicyclic) bond motifs is 1. The van der Waals surface area contributed by atoms with Gasteiger partial charge in [-0.1, -0.05) is 0 Å². The van der Waals surface area contributed by atoms with E-state index in [0.29, 0.717) is 0 Å². The maximum absolute atomic E-state index is 4.56. The number of aryl methyl sites for hydroxylation is 2. The molecule has 3 heterocycles. The van der Waals surface area contributed by atoms with Crippen LogP contribution in [0.5, 0.6) is 0 Å². The van der Waals surface area contributed by atoms with Crippen molar-refractivity contribution in [3.63, 3.8) is 0 Å².